The number of Topliss-reactive ketones (excluding diaryl/α,β-unsaturated/α-hetero) is 1. The summed E-state index contributed by atoms with van der Waals surface area (Å²) in [5.74, 6) is -2.48. The molecule has 1 fully saturated rings. The summed E-state index contributed by atoms with van der Waals surface area (Å²) >= 11 is 1.39. The summed E-state index contributed by atoms with van der Waals surface area (Å²) in [5, 5.41) is 12.7. The van der Waals surface area contributed by atoms with E-state index in [1.807, 2.05) is 36.5 Å². The molecule has 148 valence electrons. The number of carbonyl (C=O) groups excluding carboxylic acids is 2. The van der Waals surface area contributed by atoms with Crippen molar-refractivity contribution in [2.75, 3.05) is 34.3 Å². The molecule has 1 aromatic heterocycles. The van der Waals surface area contributed by atoms with Crippen LogP contribution in [-0.4, -0.2) is 60.9 Å². The van der Waals surface area contributed by atoms with Gasteiger partial charge >= 0.3 is 0 Å². The van der Waals surface area contributed by atoms with Crippen molar-refractivity contribution in [1.82, 2.24) is 9.80 Å². The first-order valence-corrected chi connectivity index (χ1v) is 9.53. The highest BCUT2D eigenvalue weighted by molar-refractivity contribution is 7.10. The van der Waals surface area contributed by atoms with Gasteiger partial charge in [0.2, 0.25) is 0 Å². The van der Waals surface area contributed by atoms with Crippen LogP contribution in [-0.2, 0) is 9.59 Å². The summed E-state index contributed by atoms with van der Waals surface area (Å²) < 4.78 is 19.0. The molecular formula is C20H21FN2O4S. The van der Waals surface area contributed by atoms with Crippen molar-refractivity contribution >= 4 is 28.8 Å². The van der Waals surface area contributed by atoms with E-state index >= 15 is 0 Å². The molecule has 2 heterocycles. The van der Waals surface area contributed by atoms with E-state index < -0.39 is 29.3 Å². The molecule has 1 aliphatic rings. The van der Waals surface area contributed by atoms with Crippen LogP contribution in [0.25, 0.3) is 5.76 Å². The second kappa shape index (κ2) is 8.12. The zero-order chi connectivity index (χ0) is 20.4. The number of likely N-dealkylation sites (tertiary alicyclic amines) is 1. The standard InChI is InChI=1S/C20H21FN2O4S/c1-22(2)8-9-23-17(15-5-4-10-28-15)16(19(25)20(23)26)18(24)12-6-7-14(27-3)13(21)11-12/h4-7,10-11,17,24H,8-9H2,1-3H3/t17-/m0/s1. The van der Waals surface area contributed by atoms with Crippen molar-refractivity contribution in [2.45, 2.75) is 6.04 Å². The van der Waals surface area contributed by atoms with E-state index in [0.29, 0.717) is 13.1 Å². The van der Waals surface area contributed by atoms with Crippen molar-refractivity contribution in [3.63, 3.8) is 0 Å². The summed E-state index contributed by atoms with van der Waals surface area (Å²) in [6, 6.07) is 6.84. The molecule has 3 rings (SSSR count). The number of carbonyl (C=O) groups is 2. The first-order chi connectivity index (χ1) is 13.3. The normalized spacial score (nSPS) is 18.9. The minimum Gasteiger partial charge on any atom is -0.507 e. The summed E-state index contributed by atoms with van der Waals surface area (Å²) in [7, 11) is 5.08. The van der Waals surface area contributed by atoms with Gasteiger partial charge in [0, 0.05) is 23.5 Å². The third-order valence-corrected chi connectivity index (χ3v) is 5.49. The summed E-state index contributed by atoms with van der Waals surface area (Å²) in [6.07, 6.45) is 0. The highest BCUT2D eigenvalue weighted by Gasteiger charge is 2.46. The molecule has 0 unspecified atom stereocenters. The Labute approximate surface area is 166 Å². The maximum Gasteiger partial charge on any atom is 0.295 e. The fourth-order valence-electron chi connectivity index (χ4n) is 3.13. The molecular weight excluding hydrogens is 383 g/mol. The Kier molecular flexibility index (Phi) is 5.81. The molecule has 28 heavy (non-hydrogen) atoms. The van der Waals surface area contributed by atoms with E-state index in [4.69, 9.17) is 4.74 Å². The Morgan fingerprint density at radius 3 is 2.64 bits per heavy atom. The molecule has 0 radical (unpaired) electrons. The van der Waals surface area contributed by atoms with E-state index in [-0.39, 0.29) is 16.9 Å². The van der Waals surface area contributed by atoms with Gasteiger partial charge in [-0.15, -0.1) is 11.3 Å². The van der Waals surface area contributed by atoms with Crippen molar-refractivity contribution in [1.29, 1.82) is 0 Å². The number of thiophene rings is 1. The van der Waals surface area contributed by atoms with E-state index in [2.05, 4.69) is 0 Å². The van der Waals surface area contributed by atoms with Gasteiger partial charge in [0.25, 0.3) is 11.7 Å². The second-order valence-electron chi connectivity index (χ2n) is 6.66. The average Bonchev–Trinajstić information content (AvgIpc) is 3.27. The SMILES string of the molecule is COc1ccc(C(O)=C2C(=O)C(=O)N(CCN(C)C)[C@H]2c2cccs2)cc1F. The van der Waals surface area contributed by atoms with Crippen molar-refractivity contribution in [2.24, 2.45) is 0 Å². The van der Waals surface area contributed by atoms with Gasteiger partial charge < -0.3 is 19.6 Å². The molecule has 1 atom stereocenters. The topological polar surface area (TPSA) is 70.1 Å². The molecule has 8 heteroatoms. The Bertz CT molecular complexity index is 924. The van der Waals surface area contributed by atoms with Gasteiger partial charge in [0.15, 0.2) is 11.6 Å². The van der Waals surface area contributed by atoms with Gasteiger partial charge in [-0.3, -0.25) is 9.59 Å². The van der Waals surface area contributed by atoms with E-state index in [0.717, 1.165) is 10.9 Å². The predicted molar refractivity (Wildman–Crippen MR) is 105 cm³/mol. The molecule has 0 saturated carbocycles. The highest BCUT2D eigenvalue weighted by atomic mass is 32.1. The average molecular weight is 404 g/mol. The largest absolute Gasteiger partial charge is 0.507 e. The number of aliphatic hydroxyl groups excluding tert-OH is 1. The Hall–Kier alpha value is -2.71. The maximum atomic E-state index is 14.1. The van der Waals surface area contributed by atoms with Gasteiger partial charge in [-0.25, -0.2) is 4.39 Å². The van der Waals surface area contributed by atoms with E-state index in [1.165, 1.54) is 35.5 Å². The number of nitrogens with zero attached hydrogens (tertiary/aromatic N) is 2. The van der Waals surface area contributed by atoms with E-state index in [1.54, 1.807) is 0 Å². The molecule has 0 spiro atoms. The van der Waals surface area contributed by atoms with Crippen LogP contribution in [0.3, 0.4) is 0 Å². The Morgan fingerprint density at radius 1 is 1.32 bits per heavy atom. The predicted octanol–water partition coefficient (Wildman–Crippen LogP) is 2.88. The number of ether oxygens (including phenoxy) is 1. The molecule has 1 N–H and O–H groups in total. The lowest BCUT2D eigenvalue weighted by atomic mass is 9.99. The van der Waals surface area contributed by atoms with Crippen LogP contribution >= 0.6 is 11.3 Å². The smallest absolute Gasteiger partial charge is 0.295 e. The lowest BCUT2D eigenvalue weighted by Gasteiger charge is -2.25. The first-order valence-electron chi connectivity index (χ1n) is 8.65. The van der Waals surface area contributed by atoms with Crippen molar-refractivity contribution in [3.8, 4) is 5.75 Å². The van der Waals surface area contributed by atoms with Gasteiger partial charge in [-0.1, -0.05) is 6.07 Å². The summed E-state index contributed by atoms with van der Waals surface area (Å²) in [5.41, 5.74) is 0.0845. The molecule has 0 bridgehead atoms. The zero-order valence-electron chi connectivity index (χ0n) is 15.8. The number of halogens is 1. The van der Waals surface area contributed by atoms with Crippen LogP contribution in [0.4, 0.5) is 4.39 Å². The fraction of sp³-hybridized carbons (Fsp3) is 0.300. The van der Waals surface area contributed by atoms with Crippen LogP contribution in [0.1, 0.15) is 16.5 Å². The Balaban J connectivity index is 2.10. The number of hydrogen-bond donors (Lipinski definition) is 1. The van der Waals surface area contributed by atoms with Crippen LogP contribution in [0.15, 0.2) is 41.3 Å². The summed E-state index contributed by atoms with van der Waals surface area (Å²) in [6.45, 7) is 0.889. The van der Waals surface area contributed by atoms with Gasteiger partial charge in [-0.2, -0.15) is 0 Å². The molecule has 0 aliphatic carbocycles. The minimum atomic E-state index is -0.772. The lowest BCUT2D eigenvalue weighted by molar-refractivity contribution is -0.140. The minimum absolute atomic E-state index is 0.0257. The lowest BCUT2D eigenvalue weighted by Crippen LogP contribution is -2.35. The first kappa shape index (κ1) is 20.0. The molecule has 1 saturated heterocycles. The number of hydrogen-bond acceptors (Lipinski definition) is 6. The molecule has 6 nitrogen and oxygen atoms in total. The van der Waals surface area contributed by atoms with Crippen LogP contribution in [0.5, 0.6) is 5.75 Å². The number of likely N-dealkylation sites (N-methyl/N-ethyl adjacent to an activating group) is 1. The van der Waals surface area contributed by atoms with Crippen LogP contribution in [0.2, 0.25) is 0 Å². The number of rotatable bonds is 6. The molecule has 1 amide bonds. The molecule has 1 aliphatic heterocycles. The number of amides is 1. The van der Waals surface area contributed by atoms with Gasteiger partial charge in [-0.05, 0) is 43.7 Å². The monoisotopic (exact) mass is 404 g/mol. The number of aliphatic hydroxyl groups is 1. The van der Waals surface area contributed by atoms with Crippen LogP contribution < -0.4 is 4.74 Å². The molecule has 2 aromatic rings. The Morgan fingerprint density at radius 2 is 2.07 bits per heavy atom. The third kappa shape index (κ3) is 3.65. The van der Waals surface area contributed by atoms with Gasteiger partial charge in [0.1, 0.15) is 5.76 Å². The number of ketones is 1. The third-order valence-electron chi connectivity index (χ3n) is 4.57. The number of methoxy groups -OCH3 is 1. The molecule has 1 aromatic carbocycles. The van der Waals surface area contributed by atoms with Gasteiger partial charge in [0.05, 0.1) is 18.7 Å². The second-order valence-corrected chi connectivity index (χ2v) is 7.64. The highest BCUT2D eigenvalue weighted by Crippen LogP contribution is 2.41. The quantitative estimate of drug-likeness (QED) is 0.456. The van der Waals surface area contributed by atoms with Crippen LogP contribution in [0, 0.1) is 5.82 Å². The zero-order valence-corrected chi connectivity index (χ0v) is 16.6. The van der Waals surface area contributed by atoms with E-state index in [9.17, 15) is 19.1 Å². The van der Waals surface area contributed by atoms with Crippen molar-refractivity contribution < 1.29 is 23.8 Å². The maximum absolute atomic E-state index is 14.1. The van der Waals surface area contributed by atoms with Crippen molar-refractivity contribution in [3.05, 3.63) is 57.5 Å². The summed E-state index contributed by atoms with van der Waals surface area (Å²) in [4.78, 5) is 29.5. The fourth-order valence-corrected chi connectivity index (χ4v) is 3.98. The number of benzene rings is 1.